The van der Waals surface area contributed by atoms with Crippen LogP contribution in [-0.2, 0) is 0 Å². The molecule has 3 N–H and O–H groups in total. The third kappa shape index (κ3) is 3.91. The molecule has 0 aliphatic carbocycles. The third-order valence-corrected chi connectivity index (χ3v) is 4.56. The molecule has 0 unspecified atom stereocenters. The third-order valence-electron chi connectivity index (χ3n) is 4.56. The molecule has 1 fully saturated rings. The van der Waals surface area contributed by atoms with Gasteiger partial charge in [0, 0.05) is 31.9 Å². The number of nitrogens with zero attached hydrogens (tertiary/aromatic N) is 2. The van der Waals surface area contributed by atoms with E-state index >= 15 is 0 Å². The molecule has 1 heterocycles. The number of rotatable bonds is 4. The van der Waals surface area contributed by atoms with Gasteiger partial charge < -0.3 is 20.9 Å². The Morgan fingerprint density at radius 3 is 2.52 bits per heavy atom. The highest BCUT2D eigenvalue weighted by atomic mass is 19.1. The molecule has 1 aliphatic heterocycles. The van der Waals surface area contributed by atoms with E-state index in [1.54, 1.807) is 24.3 Å². The molecule has 1 aliphatic rings. The second kappa shape index (κ2) is 7.53. The number of carbonyl (C=O) groups excluding carboxylic acids is 1. The van der Waals surface area contributed by atoms with E-state index in [-0.39, 0.29) is 5.56 Å². The number of piperazine rings is 1. The number of benzene rings is 2. The summed E-state index contributed by atoms with van der Waals surface area (Å²) in [6, 6.07) is 11.3. The summed E-state index contributed by atoms with van der Waals surface area (Å²) in [5.41, 5.74) is 8.33. The Hall–Kier alpha value is -2.60. The van der Waals surface area contributed by atoms with Crippen LogP contribution in [0.1, 0.15) is 17.3 Å². The van der Waals surface area contributed by atoms with Gasteiger partial charge in [-0.25, -0.2) is 4.39 Å². The second-order valence-electron chi connectivity index (χ2n) is 6.13. The lowest BCUT2D eigenvalue weighted by molar-refractivity contribution is 0.102. The minimum Gasteiger partial charge on any atom is -0.397 e. The molecule has 2 aromatic rings. The summed E-state index contributed by atoms with van der Waals surface area (Å²) in [7, 11) is 0. The average molecular weight is 342 g/mol. The molecule has 5 nitrogen and oxygen atoms in total. The van der Waals surface area contributed by atoms with Gasteiger partial charge >= 0.3 is 0 Å². The molecule has 0 radical (unpaired) electrons. The molecule has 0 bridgehead atoms. The Morgan fingerprint density at radius 1 is 1.16 bits per heavy atom. The second-order valence-corrected chi connectivity index (χ2v) is 6.13. The lowest BCUT2D eigenvalue weighted by Crippen LogP contribution is -2.46. The van der Waals surface area contributed by atoms with Crippen molar-refractivity contribution >= 4 is 23.0 Å². The number of hydrogen-bond acceptors (Lipinski definition) is 4. The van der Waals surface area contributed by atoms with Crippen LogP contribution in [-0.4, -0.2) is 43.5 Å². The Labute approximate surface area is 147 Å². The molecule has 6 heteroatoms. The van der Waals surface area contributed by atoms with Gasteiger partial charge in [-0.3, -0.25) is 4.79 Å². The van der Waals surface area contributed by atoms with Crippen LogP contribution >= 0.6 is 0 Å². The van der Waals surface area contributed by atoms with Gasteiger partial charge in [0.1, 0.15) is 5.82 Å². The van der Waals surface area contributed by atoms with Gasteiger partial charge in [-0.2, -0.15) is 0 Å². The van der Waals surface area contributed by atoms with Crippen LogP contribution in [0.15, 0.2) is 42.5 Å². The fourth-order valence-corrected chi connectivity index (χ4v) is 3.07. The summed E-state index contributed by atoms with van der Waals surface area (Å²) in [4.78, 5) is 16.8. The van der Waals surface area contributed by atoms with Crippen molar-refractivity contribution in [1.82, 2.24) is 4.90 Å². The van der Waals surface area contributed by atoms with Gasteiger partial charge in [0.2, 0.25) is 0 Å². The topological polar surface area (TPSA) is 61.6 Å². The molecule has 25 heavy (non-hydrogen) atoms. The van der Waals surface area contributed by atoms with Crippen molar-refractivity contribution in [3.05, 3.63) is 53.8 Å². The number of halogens is 1. The maximum absolute atomic E-state index is 13.7. The Balaban J connectivity index is 1.70. The zero-order valence-electron chi connectivity index (χ0n) is 14.3. The first-order valence-corrected chi connectivity index (χ1v) is 8.51. The van der Waals surface area contributed by atoms with Crippen LogP contribution < -0.4 is 16.0 Å². The van der Waals surface area contributed by atoms with Crippen LogP contribution in [0.25, 0.3) is 0 Å². The normalized spacial score (nSPS) is 15.2. The minimum absolute atomic E-state index is 0.0147. The van der Waals surface area contributed by atoms with Crippen molar-refractivity contribution in [1.29, 1.82) is 0 Å². The van der Waals surface area contributed by atoms with E-state index < -0.39 is 11.7 Å². The van der Waals surface area contributed by atoms with Crippen molar-refractivity contribution in [2.24, 2.45) is 0 Å². The molecule has 3 rings (SSSR count). The number of likely N-dealkylation sites (N-methyl/N-ethyl adjacent to an activating group) is 1. The van der Waals surface area contributed by atoms with Gasteiger partial charge in [0.25, 0.3) is 5.91 Å². The van der Waals surface area contributed by atoms with Crippen molar-refractivity contribution in [2.45, 2.75) is 6.92 Å². The highest BCUT2D eigenvalue weighted by molar-refractivity contribution is 6.04. The van der Waals surface area contributed by atoms with Crippen LogP contribution in [0.5, 0.6) is 0 Å². The number of nitrogens with two attached hydrogens (primary N) is 1. The first-order chi connectivity index (χ1) is 12.1. The molecule has 0 aromatic heterocycles. The van der Waals surface area contributed by atoms with Crippen LogP contribution in [0, 0.1) is 5.82 Å². The van der Waals surface area contributed by atoms with Crippen molar-refractivity contribution in [3.63, 3.8) is 0 Å². The largest absolute Gasteiger partial charge is 0.397 e. The fraction of sp³-hybridized carbons (Fsp3) is 0.316. The maximum Gasteiger partial charge on any atom is 0.258 e. The summed E-state index contributed by atoms with van der Waals surface area (Å²) in [6.07, 6.45) is 0. The van der Waals surface area contributed by atoms with Crippen molar-refractivity contribution < 1.29 is 9.18 Å². The average Bonchev–Trinajstić information content (AvgIpc) is 2.62. The van der Waals surface area contributed by atoms with Gasteiger partial charge in [-0.05, 0) is 36.9 Å². The summed E-state index contributed by atoms with van der Waals surface area (Å²) in [5, 5.41) is 2.70. The molecule has 2 aromatic carbocycles. The molecule has 132 valence electrons. The minimum atomic E-state index is -0.543. The molecule has 1 saturated heterocycles. The van der Waals surface area contributed by atoms with E-state index in [4.69, 9.17) is 5.73 Å². The monoisotopic (exact) mass is 342 g/mol. The first-order valence-electron chi connectivity index (χ1n) is 8.51. The van der Waals surface area contributed by atoms with Gasteiger partial charge in [-0.1, -0.05) is 19.1 Å². The van der Waals surface area contributed by atoms with Crippen LogP contribution in [0.3, 0.4) is 0 Å². The molecule has 0 spiro atoms. The standard InChI is InChI=1S/C19H23FN4O/c1-2-23-9-11-24(12-10-23)18-8-7-14(13-17(18)21)22-19(25)15-5-3-4-6-16(15)20/h3-8,13H,2,9-12,21H2,1H3,(H,22,25). The molecule has 0 saturated carbocycles. The number of amides is 1. The van der Waals surface area contributed by atoms with Crippen molar-refractivity contribution in [2.75, 3.05) is 48.7 Å². The zero-order valence-corrected chi connectivity index (χ0v) is 14.3. The quantitative estimate of drug-likeness (QED) is 0.839. The lowest BCUT2D eigenvalue weighted by atomic mass is 10.1. The van der Waals surface area contributed by atoms with Crippen molar-refractivity contribution in [3.8, 4) is 0 Å². The summed E-state index contributed by atoms with van der Waals surface area (Å²) >= 11 is 0. The number of anilines is 3. The van der Waals surface area contributed by atoms with E-state index in [9.17, 15) is 9.18 Å². The highest BCUT2D eigenvalue weighted by Crippen LogP contribution is 2.28. The predicted octanol–water partition coefficient (Wildman–Crippen LogP) is 2.80. The first kappa shape index (κ1) is 17.2. The highest BCUT2D eigenvalue weighted by Gasteiger charge is 2.18. The van der Waals surface area contributed by atoms with Crippen LogP contribution in [0.4, 0.5) is 21.5 Å². The Kier molecular flexibility index (Phi) is 5.19. The zero-order chi connectivity index (χ0) is 17.8. The SMILES string of the molecule is CCN1CCN(c2ccc(NC(=O)c3ccccc3F)cc2N)CC1. The van der Waals surface area contributed by atoms with Gasteiger partial charge in [0.05, 0.1) is 16.9 Å². The van der Waals surface area contributed by atoms with E-state index in [2.05, 4.69) is 22.0 Å². The summed E-state index contributed by atoms with van der Waals surface area (Å²) in [6.45, 7) is 7.11. The summed E-state index contributed by atoms with van der Waals surface area (Å²) in [5.74, 6) is -1.03. The maximum atomic E-state index is 13.7. The van der Waals surface area contributed by atoms with Crippen LogP contribution in [0.2, 0.25) is 0 Å². The predicted molar refractivity (Wildman–Crippen MR) is 99.5 cm³/mol. The summed E-state index contributed by atoms with van der Waals surface area (Å²) < 4.78 is 13.7. The Morgan fingerprint density at radius 2 is 1.88 bits per heavy atom. The number of hydrogen-bond donors (Lipinski definition) is 2. The van der Waals surface area contributed by atoms with E-state index in [0.29, 0.717) is 11.4 Å². The number of nitrogens with one attached hydrogen (secondary N) is 1. The molecular formula is C19H23FN4O. The lowest BCUT2D eigenvalue weighted by Gasteiger charge is -2.36. The Bertz CT molecular complexity index is 757. The molecule has 0 atom stereocenters. The van der Waals surface area contributed by atoms with E-state index in [1.807, 2.05) is 6.07 Å². The van der Waals surface area contributed by atoms with E-state index in [1.165, 1.54) is 12.1 Å². The van der Waals surface area contributed by atoms with E-state index in [0.717, 1.165) is 38.4 Å². The number of carbonyl (C=O) groups is 1. The smallest absolute Gasteiger partial charge is 0.258 e. The number of nitrogen functional groups attached to an aromatic ring is 1. The van der Waals surface area contributed by atoms with Gasteiger partial charge in [0.15, 0.2) is 0 Å². The fourth-order valence-electron chi connectivity index (χ4n) is 3.07. The molecular weight excluding hydrogens is 319 g/mol. The van der Waals surface area contributed by atoms with Gasteiger partial charge in [-0.15, -0.1) is 0 Å². The molecule has 1 amide bonds.